The zero-order chi connectivity index (χ0) is 13.2. The highest BCUT2D eigenvalue weighted by Crippen LogP contribution is 2.11. The van der Waals surface area contributed by atoms with Crippen molar-refractivity contribution in [2.24, 2.45) is 5.73 Å². The van der Waals surface area contributed by atoms with Crippen LogP contribution in [0.25, 0.3) is 0 Å². The maximum Gasteiger partial charge on any atom is 0.123 e. The quantitative estimate of drug-likeness (QED) is 0.645. The van der Waals surface area contributed by atoms with Crippen molar-refractivity contribution in [1.82, 2.24) is 0 Å². The van der Waals surface area contributed by atoms with Crippen molar-refractivity contribution in [1.29, 1.82) is 0 Å². The molecule has 0 saturated carbocycles. The molecule has 0 radical (unpaired) electrons. The van der Waals surface area contributed by atoms with Crippen molar-refractivity contribution in [2.45, 2.75) is 64.3 Å². The molecule has 0 aliphatic rings. The molecule has 0 amide bonds. The van der Waals surface area contributed by atoms with Crippen molar-refractivity contribution >= 4 is 0 Å². The van der Waals surface area contributed by atoms with Crippen LogP contribution in [-0.2, 0) is 6.42 Å². The van der Waals surface area contributed by atoms with Gasteiger partial charge in [-0.1, -0.05) is 57.6 Å². The van der Waals surface area contributed by atoms with Gasteiger partial charge in [-0.05, 0) is 30.5 Å². The average molecular weight is 251 g/mol. The molecule has 18 heavy (non-hydrogen) atoms. The SMILES string of the molecule is CCCCCCCCC(N)Cc1ccc(F)cc1. The molecule has 0 aliphatic heterocycles. The Morgan fingerprint density at radius 1 is 1.00 bits per heavy atom. The van der Waals surface area contributed by atoms with Gasteiger partial charge < -0.3 is 5.73 Å². The summed E-state index contributed by atoms with van der Waals surface area (Å²) in [6, 6.07) is 6.88. The maximum atomic E-state index is 12.7. The van der Waals surface area contributed by atoms with E-state index in [-0.39, 0.29) is 11.9 Å². The number of rotatable bonds is 9. The summed E-state index contributed by atoms with van der Waals surface area (Å²) in [6.07, 6.45) is 9.76. The van der Waals surface area contributed by atoms with E-state index in [1.54, 1.807) is 0 Å². The summed E-state index contributed by atoms with van der Waals surface area (Å²) in [5.41, 5.74) is 7.23. The number of hydrogen-bond acceptors (Lipinski definition) is 1. The standard InChI is InChI=1S/C16H26FN/c1-2-3-4-5-6-7-8-16(18)13-14-9-11-15(17)12-10-14/h9-12,16H,2-8,13,18H2,1H3. The maximum absolute atomic E-state index is 12.7. The molecule has 0 fully saturated rings. The molecule has 0 spiro atoms. The molecule has 2 heteroatoms. The van der Waals surface area contributed by atoms with Crippen LogP contribution in [0, 0.1) is 5.82 Å². The van der Waals surface area contributed by atoms with Gasteiger partial charge in [-0.15, -0.1) is 0 Å². The minimum absolute atomic E-state index is 0.178. The second-order valence-electron chi connectivity index (χ2n) is 5.15. The first kappa shape index (κ1) is 15.2. The first-order chi connectivity index (χ1) is 8.72. The lowest BCUT2D eigenvalue weighted by Gasteiger charge is -2.11. The van der Waals surface area contributed by atoms with E-state index in [0.717, 1.165) is 18.4 Å². The van der Waals surface area contributed by atoms with Crippen LogP contribution in [0.4, 0.5) is 4.39 Å². The number of unbranched alkanes of at least 4 members (excludes halogenated alkanes) is 5. The van der Waals surface area contributed by atoms with Gasteiger partial charge in [0.05, 0.1) is 0 Å². The van der Waals surface area contributed by atoms with Crippen LogP contribution in [0.5, 0.6) is 0 Å². The van der Waals surface area contributed by atoms with Crippen LogP contribution in [0.2, 0.25) is 0 Å². The zero-order valence-corrected chi connectivity index (χ0v) is 11.5. The molecule has 1 unspecified atom stereocenters. The Morgan fingerprint density at radius 2 is 1.61 bits per heavy atom. The zero-order valence-electron chi connectivity index (χ0n) is 11.5. The average Bonchev–Trinajstić information content (AvgIpc) is 2.36. The van der Waals surface area contributed by atoms with Gasteiger partial charge in [0.1, 0.15) is 5.82 Å². The Morgan fingerprint density at radius 3 is 2.28 bits per heavy atom. The molecular weight excluding hydrogens is 225 g/mol. The minimum atomic E-state index is -0.178. The van der Waals surface area contributed by atoms with Gasteiger partial charge in [-0.25, -0.2) is 4.39 Å². The molecule has 0 aromatic heterocycles. The fourth-order valence-corrected chi connectivity index (χ4v) is 2.21. The van der Waals surface area contributed by atoms with Crippen LogP contribution >= 0.6 is 0 Å². The molecule has 1 atom stereocenters. The highest BCUT2D eigenvalue weighted by atomic mass is 19.1. The molecule has 102 valence electrons. The number of halogens is 1. The number of hydrogen-bond donors (Lipinski definition) is 1. The van der Waals surface area contributed by atoms with E-state index in [2.05, 4.69) is 6.92 Å². The highest BCUT2D eigenvalue weighted by Gasteiger charge is 2.04. The second-order valence-corrected chi connectivity index (χ2v) is 5.15. The van der Waals surface area contributed by atoms with Crippen LogP contribution in [0.3, 0.4) is 0 Å². The Kier molecular flexibility index (Phi) is 7.66. The van der Waals surface area contributed by atoms with Gasteiger partial charge in [-0.2, -0.15) is 0 Å². The second kappa shape index (κ2) is 9.09. The van der Waals surface area contributed by atoms with Gasteiger partial charge in [0.15, 0.2) is 0 Å². The molecule has 1 rings (SSSR count). The number of nitrogens with two attached hydrogens (primary N) is 1. The molecule has 0 saturated heterocycles. The topological polar surface area (TPSA) is 26.0 Å². The monoisotopic (exact) mass is 251 g/mol. The minimum Gasteiger partial charge on any atom is -0.327 e. The van der Waals surface area contributed by atoms with Crippen molar-refractivity contribution in [3.63, 3.8) is 0 Å². The molecule has 0 bridgehead atoms. The first-order valence-electron chi connectivity index (χ1n) is 7.22. The lowest BCUT2D eigenvalue weighted by atomic mass is 10.0. The van der Waals surface area contributed by atoms with Crippen molar-refractivity contribution in [2.75, 3.05) is 0 Å². The normalized spacial score (nSPS) is 12.6. The first-order valence-corrected chi connectivity index (χ1v) is 7.22. The Hall–Kier alpha value is -0.890. The van der Waals surface area contributed by atoms with E-state index in [1.165, 1.54) is 50.7 Å². The van der Waals surface area contributed by atoms with E-state index in [4.69, 9.17) is 5.73 Å². The lowest BCUT2D eigenvalue weighted by molar-refractivity contribution is 0.532. The van der Waals surface area contributed by atoms with Crippen LogP contribution < -0.4 is 5.73 Å². The molecular formula is C16H26FN. The number of benzene rings is 1. The summed E-state index contributed by atoms with van der Waals surface area (Å²) in [5, 5.41) is 0. The largest absolute Gasteiger partial charge is 0.327 e. The molecule has 1 aromatic carbocycles. The summed E-state index contributed by atoms with van der Waals surface area (Å²) in [5.74, 6) is -0.178. The molecule has 1 aromatic rings. The Balaban J connectivity index is 2.10. The summed E-state index contributed by atoms with van der Waals surface area (Å²) >= 11 is 0. The summed E-state index contributed by atoms with van der Waals surface area (Å²) < 4.78 is 12.7. The Labute approximate surface area is 111 Å². The highest BCUT2D eigenvalue weighted by molar-refractivity contribution is 5.16. The van der Waals surface area contributed by atoms with Gasteiger partial charge in [0, 0.05) is 6.04 Å². The van der Waals surface area contributed by atoms with E-state index in [0.29, 0.717) is 0 Å². The summed E-state index contributed by atoms with van der Waals surface area (Å²) in [7, 11) is 0. The fraction of sp³-hybridized carbons (Fsp3) is 0.625. The smallest absolute Gasteiger partial charge is 0.123 e. The van der Waals surface area contributed by atoms with Gasteiger partial charge in [-0.3, -0.25) is 0 Å². The molecule has 0 aliphatic carbocycles. The predicted octanol–water partition coefficient (Wildman–Crippen LogP) is 4.45. The summed E-state index contributed by atoms with van der Waals surface area (Å²) in [6.45, 7) is 2.23. The van der Waals surface area contributed by atoms with Crippen molar-refractivity contribution in [3.8, 4) is 0 Å². The van der Waals surface area contributed by atoms with Gasteiger partial charge in [0.2, 0.25) is 0 Å². The molecule has 0 heterocycles. The van der Waals surface area contributed by atoms with E-state index in [1.807, 2.05) is 12.1 Å². The third kappa shape index (κ3) is 6.75. The Bertz CT molecular complexity index is 307. The van der Waals surface area contributed by atoms with E-state index in [9.17, 15) is 4.39 Å². The van der Waals surface area contributed by atoms with E-state index >= 15 is 0 Å². The third-order valence-electron chi connectivity index (χ3n) is 3.34. The molecule has 1 nitrogen and oxygen atoms in total. The lowest BCUT2D eigenvalue weighted by Crippen LogP contribution is -2.22. The fourth-order valence-electron chi connectivity index (χ4n) is 2.21. The van der Waals surface area contributed by atoms with E-state index < -0.39 is 0 Å². The van der Waals surface area contributed by atoms with Crippen LogP contribution in [-0.4, -0.2) is 6.04 Å². The summed E-state index contributed by atoms with van der Waals surface area (Å²) in [4.78, 5) is 0. The predicted molar refractivity (Wildman–Crippen MR) is 76.1 cm³/mol. The van der Waals surface area contributed by atoms with Crippen molar-refractivity contribution in [3.05, 3.63) is 35.6 Å². The van der Waals surface area contributed by atoms with Crippen molar-refractivity contribution < 1.29 is 4.39 Å². The van der Waals surface area contributed by atoms with Gasteiger partial charge >= 0.3 is 0 Å². The third-order valence-corrected chi connectivity index (χ3v) is 3.34. The van der Waals surface area contributed by atoms with Gasteiger partial charge in [0.25, 0.3) is 0 Å². The van der Waals surface area contributed by atoms with Crippen LogP contribution in [0.1, 0.15) is 57.4 Å². The van der Waals surface area contributed by atoms with Crippen LogP contribution in [0.15, 0.2) is 24.3 Å². The molecule has 2 N–H and O–H groups in total.